The standard InChI is InChI=1S/C9H16N2O/c1-12-8-4-7(5-8)11-9(10)6-2-3-6/h6-8H,2-5H2,1H3,(H2,10,11). The number of nitrogens with two attached hydrogens (primary N) is 1. The number of methoxy groups -OCH3 is 1. The quantitative estimate of drug-likeness (QED) is 0.503. The van der Waals surface area contributed by atoms with Crippen molar-refractivity contribution in [3.05, 3.63) is 0 Å². The lowest BCUT2D eigenvalue weighted by Crippen LogP contribution is -2.35. The Bertz CT molecular complexity index is 193. The highest BCUT2D eigenvalue weighted by Crippen LogP contribution is 2.31. The fourth-order valence-electron chi connectivity index (χ4n) is 1.53. The van der Waals surface area contributed by atoms with Gasteiger partial charge in [-0.2, -0.15) is 0 Å². The molecule has 2 rings (SSSR count). The summed E-state index contributed by atoms with van der Waals surface area (Å²) >= 11 is 0. The van der Waals surface area contributed by atoms with Crippen molar-refractivity contribution in [3.8, 4) is 0 Å². The Hall–Kier alpha value is -0.570. The van der Waals surface area contributed by atoms with Crippen molar-refractivity contribution in [2.24, 2.45) is 16.6 Å². The van der Waals surface area contributed by atoms with Gasteiger partial charge in [-0.15, -0.1) is 0 Å². The monoisotopic (exact) mass is 168 g/mol. The van der Waals surface area contributed by atoms with E-state index >= 15 is 0 Å². The molecule has 0 radical (unpaired) electrons. The molecule has 0 atom stereocenters. The number of aliphatic imine (C=N–C) groups is 1. The third-order valence-electron chi connectivity index (χ3n) is 2.73. The van der Waals surface area contributed by atoms with Crippen LogP contribution in [0.1, 0.15) is 25.7 Å². The molecule has 0 amide bonds. The zero-order valence-corrected chi connectivity index (χ0v) is 7.49. The summed E-state index contributed by atoms with van der Waals surface area (Å²) in [7, 11) is 1.76. The van der Waals surface area contributed by atoms with E-state index in [4.69, 9.17) is 10.5 Å². The summed E-state index contributed by atoms with van der Waals surface area (Å²) in [6.45, 7) is 0. The lowest BCUT2D eigenvalue weighted by Gasteiger charge is -2.31. The highest BCUT2D eigenvalue weighted by molar-refractivity contribution is 5.85. The highest BCUT2D eigenvalue weighted by atomic mass is 16.5. The SMILES string of the molecule is COC1CC(N=C(N)C2CC2)C1. The highest BCUT2D eigenvalue weighted by Gasteiger charge is 2.31. The molecule has 0 unspecified atom stereocenters. The van der Waals surface area contributed by atoms with Crippen molar-refractivity contribution in [2.75, 3.05) is 7.11 Å². The van der Waals surface area contributed by atoms with Gasteiger partial charge >= 0.3 is 0 Å². The number of amidine groups is 1. The second-order valence-electron chi connectivity index (χ2n) is 3.81. The molecular weight excluding hydrogens is 152 g/mol. The van der Waals surface area contributed by atoms with Crippen LogP contribution >= 0.6 is 0 Å². The third kappa shape index (κ3) is 1.61. The van der Waals surface area contributed by atoms with Crippen molar-refractivity contribution in [2.45, 2.75) is 37.8 Å². The van der Waals surface area contributed by atoms with Crippen LogP contribution in [0.15, 0.2) is 4.99 Å². The molecule has 0 spiro atoms. The minimum absolute atomic E-state index is 0.436. The summed E-state index contributed by atoms with van der Waals surface area (Å²) in [5.41, 5.74) is 5.79. The summed E-state index contributed by atoms with van der Waals surface area (Å²) in [5.74, 6) is 1.50. The first kappa shape index (κ1) is 8.05. The molecule has 68 valence electrons. The van der Waals surface area contributed by atoms with Crippen LogP contribution in [-0.4, -0.2) is 25.1 Å². The Labute approximate surface area is 73.0 Å². The predicted octanol–water partition coefficient (Wildman–Crippen LogP) is 0.931. The Morgan fingerprint density at radius 2 is 2.08 bits per heavy atom. The first-order valence-electron chi connectivity index (χ1n) is 4.65. The van der Waals surface area contributed by atoms with E-state index in [0.717, 1.165) is 18.7 Å². The Balaban J connectivity index is 1.77. The van der Waals surface area contributed by atoms with Crippen molar-refractivity contribution in [1.82, 2.24) is 0 Å². The van der Waals surface area contributed by atoms with E-state index in [1.807, 2.05) is 0 Å². The van der Waals surface area contributed by atoms with E-state index in [-0.39, 0.29) is 0 Å². The van der Waals surface area contributed by atoms with Crippen molar-refractivity contribution in [1.29, 1.82) is 0 Å². The van der Waals surface area contributed by atoms with Gasteiger partial charge in [0.2, 0.25) is 0 Å². The first-order valence-corrected chi connectivity index (χ1v) is 4.65. The van der Waals surface area contributed by atoms with E-state index in [0.29, 0.717) is 18.1 Å². The number of hydrogen-bond acceptors (Lipinski definition) is 2. The maximum Gasteiger partial charge on any atom is 0.0971 e. The molecule has 2 aliphatic rings. The Kier molecular flexibility index (Phi) is 2.05. The van der Waals surface area contributed by atoms with E-state index in [9.17, 15) is 0 Å². The maximum absolute atomic E-state index is 5.79. The largest absolute Gasteiger partial charge is 0.387 e. The van der Waals surface area contributed by atoms with E-state index in [1.54, 1.807) is 7.11 Å². The fraction of sp³-hybridized carbons (Fsp3) is 0.889. The summed E-state index contributed by atoms with van der Waals surface area (Å²) in [6, 6.07) is 0.454. The fourth-order valence-corrected chi connectivity index (χ4v) is 1.53. The number of hydrogen-bond donors (Lipinski definition) is 1. The molecule has 2 N–H and O–H groups in total. The van der Waals surface area contributed by atoms with Gasteiger partial charge in [0, 0.05) is 13.0 Å². The third-order valence-corrected chi connectivity index (χ3v) is 2.73. The van der Waals surface area contributed by atoms with Crippen LogP contribution in [0.4, 0.5) is 0 Å². The molecular formula is C9H16N2O. The van der Waals surface area contributed by atoms with Crippen LogP contribution in [-0.2, 0) is 4.74 Å². The van der Waals surface area contributed by atoms with Gasteiger partial charge in [-0.1, -0.05) is 0 Å². The average Bonchev–Trinajstić information content (AvgIpc) is 2.76. The second-order valence-corrected chi connectivity index (χ2v) is 3.81. The zero-order chi connectivity index (χ0) is 8.55. The molecule has 0 saturated heterocycles. The summed E-state index contributed by atoms with van der Waals surface area (Å²) in [5, 5.41) is 0. The van der Waals surface area contributed by atoms with Crippen molar-refractivity contribution in [3.63, 3.8) is 0 Å². The molecule has 0 heterocycles. The van der Waals surface area contributed by atoms with Crippen LogP contribution < -0.4 is 5.73 Å². The van der Waals surface area contributed by atoms with Gasteiger partial charge in [0.15, 0.2) is 0 Å². The van der Waals surface area contributed by atoms with E-state index in [1.165, 1.54) is 12.8 Å². The number of rotatable bonds is 3. The minimum Gasteiger partial charge on any atom is -0.387 e. The molecule has 0 bridgehead atoms. The van der Waals surface area contributed by atoms with Crippen molar-refractivity contribution >= 4 is 5.84 Å². The summed E-state index contributed by atoms with van der Waals surface area (Å²) in [6.07, 6.45) is 5.05. The topological polar surface area (TPSA) is 47.6 Å². The van der Waals surface area contributed by atoms with Gasteiger partial charge in [-0.05, 0) is 25.7 Å². The summed E-state index contributed by atoms with van der Waals surface area (Å²) < 4.78 is 5.16. The van der Waals surface area contributed by atoms with Crippen LogP contribution in [0.3, 0.4) is 0 Å². The molecule has 0 aliphatic heterocycles. The van der Waals surface area contributed by atoms with E-state index < -0.39 is 0 Å². The average molecular weight is 168 g/mol. The smallest absolute Gasteiger partial charge is 0.0971 e. The van der Waals surface area contributed by atoms with Gasteiger partial charge in [0.25, 0.3) is 0 Å². The lowest BCUT2D eigenvalue weighted by molar-refractivity contribution is 0.0284. The van der Waals surface area contributed by atoms with Gasteiger partial charge in [-0.3, -0.25) is 4.99 Å². The van der Waals surface area contributed by atoms with E-state index in [2.05, 4.69) is 4.99 Å². The minimum atomic E-state index is 0.436. The van der Waals surface area contributed by atoms with Gasteiger partial charge in [0.1, 0.15) is 0 Å². The molecule has 3 heteroatoms. The molecule has 3 nitrogen and oxygen atoms in total. The van der Waals surface area contributed by atoms with Gasteiger partial charge < -0.3 is 10.5 Å². The molecule has 0 aromatic rings. The van der Waals surface area contributed by atoms with Gasteiger partial charge in [-0.25, -0.2) is 0 Å². The summed E-state index contributed by atoms with van der Waals surface area (Å²) in [4.78, 5) is 4.46. The van der Waals surface area contributed by atoms with Gasteiger partial charge in [0.05, 0.1) is 18.0 Å². The molecule has 0 aromatic heterocycles. The Morgan fingerprint density at radius 1 is 1.42 bits per heavy atom. The maximum atomic E-state index is 5.79. The zero-order valence-electron chi connectivity index (χ0n) is 7.49. The predicted molar refractivity (Wildman–Crippen MR) is 48.2 cm³/mol. The van der Waals surface area contributed by atoms with Crippen LogP contribution in [0.2, 0.25) is 0 Å². The Morgan fingerprint density at radius 3 is 2.58 bits per heavy atom. The normalized spacial score (nSPS) is 36.2. The van der Waals surface area contributed by atoms with Crippen LogP contribution in [0.5, 0.6) is 0 Å². The lowest BCUT2D eigenvalue weighted by atomic mass is 9.90. The molecule has 2 aliphatic carbocycles. The molecule has 12 heavy (non-hydrogen) atoms. The van der Waals surface area contributed by atoms with Crippen LogP contribution in [0.25, 0.3) is 0 Å². The molecule has 2 fully saturated rings. The number of nitrogens with zero attached hydrogens (tertiary/aromatic N) is 1. The van der Waals surface area contributed by atoms with Crippen LogP contribution in [0, 0.1) is 5.92 Å². The molecule has 2 saturated carbocycles. The molecule has 0 aromatic carbocycles. The number of ether oxygens (including phenoxy) is 1. The van der Waals surface area contributed by atoms with Crippen molar-refractivity contribution < 1.29 is 4.74 Å². The second kappa shape index (κ2) is 3.05. The first-order chi connectivity index (χ1) is 5.79.